The Morgan fingerprint density at radius 2 is 0.952 bits per heavy atom. The summed E-state index contributed by atoms with van der Waals surface area (Å²) in [5, 5.41) is 7.09. The molecule has 0 bridgehead atoms. The summed E-state index contributed by atoms with van der Waals surface area (Å²) < 4.78 is 11.1. The van der Waals surface area contributed by atoms with Crippen LogP contribution in [0.25, 0.3) is 126 Å². The second-order valence-corrected chi connectivity index (χ2v) is 17.0. The van der Waals surface area contributed by atoms with Crippen molar-refractivity contribution in [2.24, 2.45) is 0 Å². The fourth-order valence-electron chi connectivity index (χ4n) is 9.37. The summed E-state index contributed by atoms with van der Waals surface area (Å²) in [5.74, 6) is 1.84. The molecule has 4 aromatic heterocycles. The van der Waals surface area contributed by atoms with Crippen molar-refractivity contribution in [1.82, 2.24) is 19.5 Å². The van der Waals surface area contributed by atoms with Gasteiger partial charge in [0.1, 0.15) is 11.2 Å². The molecule has 4 heterocycles. The fraction of sp³-hybridized carbons (Fsp3) is 0. The van der Waals surface area contributed by atoms with E-state index in [0.29, 0.717) is 17.5 Å². The Labute approximate surface area is 365 Å². The van der Waals surface area contributed by atoms with E-state index in [1.54, 1.807) is 11.3 Å². The van der Waals surface area contributed by atoms with Crippen molar-refractivity contribution in [3.8, 4) is 62.1 Å². The average molecular weight is 823 g/mol. The van der Waals surface area contributed by atoms with Crippen LogP contribution in [0.4, 0.5) is 0 Å². The van der Waals surface area contributed by atoms with Gasteiger partial charge >= 0.3 is 0 Å². The number of hydrogen-bond donors (Lipinski definition) is 0. The second-order valence-electron chi connectivity index (χ2n) is 15.9. The lowest BCUT2D eigenvalue weighted by molar-refractivity contribution is 0.669. The Bertz CT molecular complexity index is 3920. The van der Waals surface area contributed by atoms with Crippen LogP contribution in [0.1, 0.15) is 0 Å². The van der Waals surface area contributed by atoms with Gasteiger partial charge in [0, 0.05) is 64.1 Å². The average Bonchev–Trinajstić information content (AvgIpc) is 4.03. The van der Waals surface area contributed by atoms with Crippen molar-refractivity contribution in [1.29, 1.82) is 0 Å². The van der Waals surface area contributed by atoms with Crippen LogP contribution in [0.2, 0.25) is 0 Å². The Kier molecular flexibility index (Phi) is 8.01. The molecule has 0 atom stereocenters. The van der Waals surface area contributed by atoms with Gasteiger partial charge in [0.15, 0.2) is 17.5 Å². The molecule has 13 rings (SSSR count). The molecular weight excluding hydrogens is 789 g/mol. The third-order valence-corrected chi connectivity index (χ3v) is 13.4. The van der Waals surface area contributed by atoms with E-state index < -0.39 is 0 Å². The van der Waals surface area contributed by atoms with Gasteiger partial charge in [-0.2, -0.15) is 0 Å². The molecule has 0 unspecified atom stereocenters. The monoisotopic (exact) mass is 822 g/mol. The maximum Gasteiger partial charge on any atom is 0.164 e. The van der Waals surface area contributed by atoms with Crippen LogP contribution >= 0.6 is 11.3 Å². The third-order valence-electron chi connectivity index (χ3n) is 12.3. The van der Waals surface area contributed by atoms with Crippen molar-refractivity contribution < 1.29 is 4.42 Å². The van der Waals surface area contributed by atoms with Gasteiger partial charge in [-0.1, -0.05) is 146 Å². The molecule has 5 nitrogen and oxygen atoms in total. The van der Waals surface area contributed by atoms with Crippen LogP contribution in [0, 0.1) is 0 Å². The summed E-state index contributed by atoms with van der Waals surface area (Å²) in [6.07, 6.45) is 0. The first kappa shape index (κ1) is 35.6. The van der Waals surface area contributed by atoms with Gasteiger partial charge in [-0.15, -0.1) is 11.3 Å². The summed E-state index contributed by atoms with van der Waals surface area (Å²) in [7, 11) is 0. The van der Waals surface area contributed by atoms with Crippen molar-refractivity contribution in [2.75, 3.05) is 0 Å². The molecule has 6 heteroatoms. The molecule has 0 fully saturated rings. The van der Waals surface area contributed by atoms with Gasteiger partial charge in [-0.3, -0.25) is 0 Å². The standard InChI is InChI=1S/C57H34N4OS/c1-3-14-35(15-4-1)55-58-56(37-26-29-44-43-21-10-12-24-50(43)62-51(44)33-37)60-57(59-55)38-27-30-46-53(34-38)63-52-25-13-22-45(54(46)52)41-19-8-7-18-40(41)36-28-31-49-47(32-36)42-20-9-11-23-48(42)61(49)39-16-5-2-6-17-39/h1-34H. The summed E-state index contributed by atoms with van der Waals surface area (Å²) in [4.78, 5) is 15.2. The highest BCUT2D eigenvalue weighted by Gasteiger charge is 2.19. The minimum Gasteiger partial charge on any atom is -0.456 e. The zero-order valence-electron chi connectivity index (χ0n) is 33.7. The Balaban J connectivity index is 0.936. The van der Waals surface area contributed by atoms with Crippen LogP contribution in [0.5, 0.6) is 0 Å². The van der Waals surface area contributed by atoms with Gasteiger partial charge in [-0.25, -0.2) is 15.0 Å². The number of benzene rings is 9. The molecule has 0 aliphatic carbocycles. The number of hydrogen-bond acceptors (Lipinski definition) is 5. The van der Waals surface area contributed by atoms with E-state index in [9.17, 15) is 0 Å². The maximum atomic E-state index is 6.27. The second kappa shape index (κ2) is 14.2. The number of thiophene rings is 1. The van der Waals surface area contributed by atoms with Crippen LogP contribution in [-0.4, -0.2) is 19.5 Å². The Morgan fingerprint density at radius 1 is 0.349 bits per heavy atom. The number of furan rings is 1. The lowest BCUT2D eigenvalue weighted by Gasteiger charge is -2.13. The van der Waals surface area contributed by atoms with Gasteiger partial charge in [0.2, 0.25) is 0 Å². The molecular formula is C57H34N4OS. The smallest absolute Gasteiger partial charge is 0.164 e. The first-order valence-electron chi connectivity index (χ1n) is 21.1. The lowest BCUT2D eigenvalue weighted by atomic mass is 9.91. The normalized spacial score (nSPS) is 11.8. The van der Waals surface area contributed by atoms with Crippen molar-refractivity contribution >= 4 is 75.3 Å². The summed E-state index contributed by atoms with van der Waals surface area (Å²) in [6.45, 7) is 0. The molecule has 0 spiro atoms. The van der Waals surface area contributed by atoms with Crippen LogP contribution in [0.15, 0.2) is 211 Å². The molecule has 0 radical (unpaired) electrons. The van der Waals surface area contributed by atoms with E-state index in [1.165, 1.54) is 64.2 Å². The summed E-state index contributed by atoms with van der Waals surface area (Å²) in [6, 6.07) is 72.9. The predicted octanol–water partition coefficient (Wildman–Crippen LogP) is 15.6. The largest absolute Gasteiger partial charge is 0.456 e. The van der Waals surface area contributed by atoms with Gasteiger partial charge in [0.25, 0.3) is 0 Å². The number of rotatable bonds is 6. The van der Waals surface area contributed by atoms with Gasteiger partial charge in [0.05, 0.1) is 11.0 Å². The molecule has 0 amide bonds. The molecule has 9 aromatic carbocycles. The fourth-order valence-corrected chi connectivity index (χ4v) is 10.5. The van der Waals surface area contributed by atoms with Crippen LogP contribution in [-0.2, 0) is 0 Å². The minimum absolute atomic E-state index is 0.597. The van der Waals surface area contributed by atoms with Gasteiger partial charge in [-0.05, 0) is 82.9 Å². The van der Waals surface area contributed by atoms with E-state index >= 15 is 0 Å². The van der Waals surface area contributed by atoms with Gasteiger partial charge < -0.3 is 8.98 Å². The van der Waals surface area contributed by atoms with E-state index in [0.717, 1.165) is 44.3 Å². The molecule has 0 aliphatic rings. The van der Waals surface area contributed by atoms with E-state index in [-0.39, 0.29) is 0 Å². The SMILES string of the molecule is c1ccc(-c2nc(-c3ccc4c(c3)oc3ccccc34)nc(-c3ccc4c(c3)sc3cccc(-c5ccccc5-c5ccc6c(c5)c5ccccc5n6-c5ccccc5)c34)n2)cc1. The molecule has 0 saturated carbocycles. The molecule has 0 aliphatic heterocycles. The molecule has 63 heavy (non-hydrogen) atoms. The van der Waals surface area contributed by atoms with E-state index in [1.807, 2.05) is 54.6 Å². The highest BCUT2D eigenvalue weighted by Crippen LogP contribution is 2.45. The Morgan fingerprint density at radius 3 is 1.78 bits per heavy atom. The number of para-hydroxylation sites is 3. The molecule has 0 N–H and O–H groups in total. The predicted molar refractivity (Wildman–Crippen MR) is 262 cm³/mol. The first-order valence-corrected chi connectivity index (χ1v) is 21.9. The number of nitrogens with zero attached hydrogens (tertiary/aromatic N) is 4. The van der Waals surface area contributed by atoms with E-state index in [2.05, 4.69) is 156 Å². The Hall–Kier alpha value is -8.19. The van der Waals surface area contributed by atoms with Crippen molar-refractivity contribution in [2.45, 2.75) is 0 Å². The van der Waals surface area contributed by atoms with Crippen LogP contribution < -0.4 is 0 Å². The molecule has 13 aromatic rings. The minimum atomic E-state index is 0.597. The summed E-state index contributed by atoms with van der Waals surface area (Å²) >= 11 is 1.80. The van der Waals surface area contributed by atoms with Crippen LogP contribution in [0.3, 0.4) is 0 Å². The number of fused-ring (bicyclic) bond motifs is 9. The highest BCUT2D eigenvalue weighted by atomic mass is 32.1. The van der Waals surface area contributed by atoms with Crippen molar-refractivity contribution in [3.05, 3.63) is 206 Å². The quantitative estimate of drug-likeness (QED) is 0.168. The van der Waals surface area contributed by atoms with Crippen molar-refractivity contribution in [3.63, 3.8) is 0 Å². The zero-order valence-corrected chi connectivity index (χ0v) is 34.6. The van der Waals surface area contributed by atoms with E-state index in [4.69, 9.17) is 19.4 Å². The third kappa shape index (κ3) is 5.80. The maximum absolute atomic E-state index is 6.27. The lowest BCUT2D eigenvalue weighted by Crippen LogP contribution is -2.00. The number of aromatic nitrogens is 4. The summed E-state index contributed by atoms with van der Waals surface area (Å²) in [5.41, 5.74) is 12.8. The molecule has 294 valence electrons. The zero-order chi connectivity index (χ0) is 41.4. The molecule has 0 saturated heterocycles. The topological polar surface area (TPSA) is 56.7 Å². The first-order chi connectivity index (χ1) is 31.2. The highest BCUT2D eigenvalue weighted by molar-refractivity contribution is 7.26.